The molecule has 0 amide bonds. The van der Waals surface area contributed by atoms with Crippen LogP contribution < -0.4 is 11.1 Å². The molecular weight excluding hydrogens is 246 g/mol. The number of thioether (sulfide) groups is 1. The lowest BCUT2D eigenvalue weighted by Crippen LogP contribution is -2.21. The second kappa shape index (κ2) is 6.43. The number of rotatable bonds is 6. The van der Waals surface area contributed by atoms with Crippen molar-refractivity contribution >= 4 is 17.7 Å². The normalized spacial score (nSPS) is 19.8. The lowest BCUT2D eigenvalue weighted by Gasteiger charge is -2.12. The molecule has 18 heavy (non-hydrogen) atoms. The van der Waals surface area contributed by atoms with Crippen LogP contribution in [0.25, 0.3) is 0 Å². The largest absolute Gasteiger partial charge is 0.368 e. The fourth-order valence-corrected chi connectivity index (χ4v) is 3.40. The second-order valence-electron chi connectivity index (χ2n) is 5.09. The molecule has 1 fully saturated rings. The van der Waals surface area contributed by atoms with Gasteiger partial charge in [-0.05, 0) is 46.1 Å². The van der Waals surface area contributed by atoms with E-state index in [-0.39, 0.29) is 0 Å². The van der Waals surface area contributed by atoms with Crippen molar-refractivity contribution in [2.24, 2.45) is 0 Å². The Labute approximate surface area is 113 Å². The lowest BCUT2D eigenvalue weighted by molar-refractivity contribution is 0.548. The van der Waals surface area contributed by atoms with Gasteiger partial charge in [-0.2, -0.15) is 0 Å². The Morgan fingerprint density at radius 2 is 2.33 bits per heavy atom. The van der Waals surface area contributed by atoms with Gasteiger partial charge in [0.15, 0.2) is 5.16 Å². The van der Waals surface area contributed by atoms with Crippen LogP contribution in [0.4, 0.5) is 5.95 Å². The van der Waals surface area contributed by atoms with Gasteiger partial charge in [-0.1, -0.05) is 11.8 Å². The van der Waals surface area contributed by atoms with Crippen molar-refractivity contribution < 1.29 is 0 Å². The summed E-state index contributed by atoms with van der Waals surface area (Å²) in [4.78, 5) is 0. The van der Waals surface area contributed by atoms with Crippen molar-refractivity contribution in [2.75, 3.05) is 18.0 Å². The van der Waals surface area contributed by atoms with Crippen LogP contribution in [0.2, 0.25) is 0 Å². The van der Waals surface area contributed by atoms with Crippen molar-refractivity contribution in [2.45, 2.75) is 56.8 Å². The van der Waals surface area contributed by atoms with Crippen LogP contribution in [0.5, 0.6) is 0 Å². The predicted octanol–water partition coefficient (Wildman–Crippen LogP) is 2.07. The maximum absolute atomic E-state index is 5.81. The Morgan fingerprint density at radius 3 is 3.00 bits per heavy atom. The number of aromatic nitrogens is 3. The molecule has 1 atom stereocenters. The smallest absolute Gasteiger partial charge is 0.222 e. The van der Waals surface area contributed by atoms with Crippen LogP contribution in [0.15, 0.2) is 5.16 Å². The van der Waals surface area contributed by atoms with Crippen molar-refractivity contribution in [1.82, 2.24) is 20.1 Å². The number of nitrogen functional groups attached to an aromatic ring is 1. The topological polar surface area (TPSA) is 68.8 Å². The van der Waals surface area contributed by atoms with Gasteiger partial charge < -0.3 is 11.1 Å². The van der Waals surface area contributed by atoms with Gasteiger partial charge in [-0.15, -0.1) is 10.2 Å². The molecule has 102 valence electrons. The SMILES string of the molecule is CC(C)n1c(N)nnc1SCCCC1CCCN1. The number of nitrogens with one attached hydrogen (secondary N) is 1. The fraction of sp³-hybridized carbons (Fsp3) is 0.833. The first-order valence-electron chi connectivity index (χ1n) is 6.75. The molecule has 0 radical (unpaired) electrons. The van der Waals surface area contributed by atoms with E-state index in [1.165, 1.54) is 32.2 Å². The molecule has 0 aliphatic carbocycles. The van der Waals surface area contributed by atoms with Crippen LogP contribution in [0.3, 0.4) is 0 Å². The van der Waals surface area contributed by atoms with E-state index < -0.39 is 0 Å². The summed E-state index contributed by atoms with van der Waals surface area (Å²) in [6.45, 7) is 5.40. The van der Waals surface area contributed by atoms with E-state index in [1.807, 2.05) is 4.57 Å². The van der Waals surface area contributed by atoms with E-state index in [4.69, 9.17) is 5.73 Å². The maximum Gasteiger partial charge on any atom is 0.222 e. The summed E-state index contributed by atoms with van der Waals surface area (Å²) in [6.07, 6.45) is 5.14. The van der Waals surface area contributed by atoms with Gasteiger partial charge in [0.2, 0.25) is 5.95 Å². The molecular formula is C12H23N5S. The van der Waals surface area contributed by atoms with Crippen LogP contribution in [-0.2, 0) is 0 Å². The molecule has 1 aromatic heterocycles. The second-order valence-corrected chi connectivity index (χ2v) is 6.15. The Bertz CT molecular complexity index is 371. The molecule has 6 heteroatoms. The first kappa shape index (κ1) is 13.7. The van der Waals surface area contributed by atoms with Crippen LogP contribution in [0, 0.1) is 0 Å². The van der Waals surface area contributed by atoms with Gasteiger partial charge >= 0.3 is 0 Å². The average Bonchev–Trinajstić information content (AvgIpc) is 2.94. The highest BCUT2D eigenvalue weighted by molar-refractivity contribution is 7.99. The zero-order valence-corrected chi connectivity index (χ0v) is 12.0. The molecule has 3 N–H and O–H groups in total. The highest BCUT2D eigenvalue weighted by atomic mass is 32.2. The average molecular weight is 269 g/mol. The molecule has 1 saturated heterocycles. The monoisotopic (exact) mass is 269 g/mol. The summed E-state index contributed by atoms with van der Waals surface area (Å²) in [7, 11) is 0. The Balaban J connectivity index is 1.76. The summed E-state index contributed by atoms with van der Waals surface area (Å²) in [5.41, 5.74) is 5.81. The van der Waals surface area contributed by atoms with Crippen LogP contribution in [0.1, 0.15) is 45.6 Å². The van der Waals surface area contributed by atoms with E-state index in [2.05, 4.69) is 29.4 Å². The molecule has 1 unspecified atom stereocenters. The number of nitrogens with two attached hydrogens (primary N) is 1. The number of hydrogen-bond donors (Lipinski definition) is 2. The molecule has 0 saturated carbocycles. The maximum atomic E-state index is 5.81. The third-order valence-corrected chi connectivity index (χ3v) is 4.33. The van der Waals surface area contributed by atoms with Crippen LogP contribution >= 0.6 is 11.8 Å². The highest BCUT2D eigenvalue weighted by Crippen LogP contribution is 2.24. The zero-order chi connectivity index (χ0) is 13.0. The van der Waals surface area contributed by atoms with Crippen LogP contribution in [-0.4, -0.2) is 33.1 Å². The Hall–Kier alpha value is -0.750. The van der Waals surface area contributed by atoms with Gasteiger partial charge in [0.1, 0.15) is 0 Å². The van der Waals surface area contributed by atoms with Crippen molar-refractivity contribution in [3.63, 3.8) is 0 Å². The van der Waals surface area contributed by atoms with Gasteiger partial charge in [-0.25, -0.2) is 0 Å². The first-order chi connectivity index (χ1) is 8.68. The minimum atomic E-state index is 0.319. The third kappa shape index (κ3) is 3.38. The third-order valence-electron chi connectivity index (χ3n) is 3.30. The molecule has 1 aliphatic rings. The summed E-state index contributed by atoms with van der Waals surface area (Å²) in [6, 6.07) is 1.05. The number of hydrogen-bond acceptors (Lipinski definition) is 5. The van der Waals surface area contributed by atoms with Gasteiger partial charge in [0, 0.05) is 17.8 Å². The molecule has 5 nitrogen and oxygen atoms in total. The molecule has 0 bridgehead atoms. The van der Waals surface area contributed by atoms with E-state index in [1.54, 1.807) is 11.8 Å². The fourth-order valence-electron chi connectivity index (χ4n) is 2.37. The highest BCUT2D eigenvalue weighted by Gasteiger charge is 2.15. The summed E-state index contributed by atoms with van der Waals surface area (Å²) >= 11 is 1.76. The molecule has 0 spiro atoms. The van der Waals surface area contributed by atoms with E-state index >= 15 is 0 Å². The number of anilines is 1. The summed E-state index contributed by atoms with van der Waals surface area (Å²) in [5.74, 6) is 1.60. The zero-order valence-electron chi connectivity index (χ0n) is 11.2. The van der Waals surface area contributed by atoms with Crippen molar-refractivity contribution in [1.29, 1.82) is 0 Å². The molecule has 0 aromatic carbocycles. The van der Waals surface area contributed by atoms with E-state index in [0.717, 1.165) is 17.0 Å². The van der Waals surface area contributed by atoms with Gasteiger partial charge in [-0.3, -0.25) is 4.57 Å². The van der Waals surface area contributed by atoms with E-state index in [0.29, 0.717) is 12.0 Å². The van der Waals surface area contributed by atoms with E-state index in [9.17, 15) is 0 Å². The quantitative estimate of drug-likeness (QED) is 0.611. The summed E-state index contributed by atoms with van der Waals surface area (Å²) < 4.78 is 2.00. The standard InChI is InChI=1S/C12H23N5S/c1-9(2)17-11(13)15-16-12(17)18-8-4-6-10-5-3-7-14-10/h9-10,14H,3-8H2,1-2H3,(H2,13,15). The molecule has 1 aromatic rings. The molecule has 2 heterocycles. The minimum absolute atomic E-state index is 0.319. The van der Waals surface area contributed by atoms with Gasteiger partial charge in [0.25, 0.3) is 0 Å². The summed E-state index contributed by atoms with van der Waals surface area (Å²) in [5, 5.41) is 12.6. The Kier molecular flexibility index (Phi) is 4.88. The molecule has 2 rings (SSSR count). The first-order valence-corrected chi connectivity index (χ1v) is 7.73. The van der Waals surface area contributed by atoms with Crippen molar-refractivity contribution in [3.05, 3.63) is 0 Å². The minimum Gasteiger partial charge on any atom is -0.368 e. The lowest BCUT2D eigenvalue weighted by atomic mass is 10.1. The Morgan fingerprint density at radius 1 is 1.50 bits per heavy atom. The molecule has 1 aliphatic heterocycles. The predicted molar refractivity (Wildman–Crippen MR) is 75.8 cm³/mol. The van der Waals surface area contributed by atoms with Gasteiger partial charge in [0.05, 0.1) is 0 Å². The van der Waals surface area contributed by atoms with Crippen molar-refractivity contribution in [3.8, 4) is 0 Å². The number of nitrogens with zero attached hydrogens (tertiary/aromatic N) is 3.